The van der Waals surface area contributed by atoms with E-state index in [-0.39, 0.29) is 30.1 Å². The molecule has 0 bridgehead atoms. The molecular formula is C40H45ClFN9O3. The van der Waals surface area contributed by atoms with E-state index in [0.29, 0.717) is 56.7 Å². The van der Waals surface area contributed by atoms with Crippen molar-refractivity contribution in [2.24, 2.45) is 18.4 Å². The van der Waals surface area contributed by atoms with Gasteiger partial charge in [-0.1, -0.05) is 37.6 Å². The summed E-state index contributed by atoms with van der Waals surface area (Å²) in [5.41, 5.74) is 5.30. The van der Waals surface area contributed by atoms with Crippen LogP contribution < -0.4 is 19.9 Å². The number of aromatic amines is 1. The molecule has 12 nitrogen and oxygen atoms in total. The summed E-state index contributed by atoms with van der Waals surface area (Å²) in [6.45, 7) is 11.6. The van der Waals surface area contributed by atoms with E-state index in [2.05, 4.69) is 61.1 Å². The predicted molar refractivity (Wildman–Crippen MR) is 207 cm³/mol. The van der Waals surface area contributed by atoms with Crippen molar-refractivity contribution < 1.29 is 18.7 Å². The van der Waals surface area contributed by atoms with E-state index >= 15 is 4.39 Å². The summed E-state index contributed by atoms with van der Waals surface area (Å²) in [4.78, 5) is 42.3. The minimum absolute atomic E-state index is 0.0715. The first-order valence-corrected chi connectivity index (χ1v) is 19.0. The summed E-state index contributed by atoms with van der Waals surface area (Å²) in [6.07, 6.45) is 6.75. The number of nitrogens with one attached hydrogen (secondary N) is 2. The van der Waals surface area contributed by atoms with Gasteiger partial charge in [-0.2, -0.15) is 5.10 Å². The molecule has 14 heteroatoms. The second-order valence-electron chi connectivity index (χ2n) is 15.6. The van der Waals surface area contributed by atoms with E-state index < -0.39 is 6.03 Å². The number of anilines is 2. The largest absolute Gasteiger partial charge is 0.453 e. The number of halogens is 2. The maximum Gasteiger partial charge on any atom is 0.328 e. The van der Waals surface area contributed by atoms with Crippen LogP contribution in [0.25, 0.3) is 22.6 Å². The Bertz CT molecular complexity index is 2210. The summed E-state index contributed by atoms with van der Waals surface area (Å²) < 4.78 is 23.4. The highest BCUT2D eigenvalue weighted by atomic mass is 35.5. The molecule has 8 rings (SSSR count). The number of H-pyrrole nitrogens is 1. The number of hydrogen-bond donors (Lipinski definition) is 2. The molecule has 0 spiro atoms. The van der Waals surface area contributed by atoms with Gasteiger partial charge >= 0.3 is 6.03 Å². The van der Waals surface area contributed by atoms with Gasteiger partial charge in [0.1, 0.15) is 27.9 Å². The molecule has 5 aromatic rings. The highest BCUT2D eigenvalue weighted by Crippen LogP contribution is 2.44. The molecule has 2 N–H and O–H groups in total. The number of piperidine rings is 2. The van der Waals surface area contributed by atoms with Crippen molar-refractivity contribution in [3.63, 3.8) is 0 Å². The minimum Gasteiger partial charge on any atom is -0.453 e. The summed E-state index contributed by atoms with van der Waals surface area (Å²) in [7, 11) is 1.88. The van der Waals surface area contributed by atoms with E-state index in [9.17, 15) is 9.59 Å². The van der Waals surface area contributed by atoms with Crippen LogP contribution >= 0.6 is 11.6 Å². The molecule has 3 saturated heterocycles. The van der Waals surface area contributed by atoms with Crippen LogP contribution in [-0.4, -0.2) is 80.8 Å². The average Bonchev–Trinajstić information content (AvgIpc) is 3.72. The quantitative estimate of drug-likeness (QED) is 0.168. The fourth-order valence-electron chi connectivity index (χ4n) is 8.55. The number of ether oxygens (including phenoxy) is 1. The van der Waals surface area contributed by atoms with Gasteiger partial charge in [-0.15, -0.1) is 0 Å². The van der Waals surface area contributed by atoms with Crippen molar-refractivity contribution >= 4 is 46.1 Å². The van der Waals surface area contributed by atoms with Gasteiger partial charge < -0.3 is 19.5 Å². The Morgan fingerprint density at radius 1 is 1.04 bits per heavy atom. The third-order valence-electron chi connectivity index (χ3n) is 11.3. The van der Waals surface area contributed by atoms with Crippen LogP contribution in [0.2, 0.25) is 5.02 Å². The summed E-state index contributed by atoms with van der Waals surface area (Å²) in [5, 5.41) is 7.13. The van der Waals surface area contributed by atoms with Crippen molar-refractivity contribution in [1.29, 1.82) is 0 Å². The van der Waals surface area contributed by atoms with Gasteiger partial charge in [-0.05, 0) is 85.9 Å². The molecule has 3 aromatic heterocycles. The van der Waals surface area contributed by atoms with Crippen molar-refractivity contribution in [2.45, 2.75) is 52.4 Å². The Balaban J connectivity index is 0.862. The van der Waals surface area contributed by atoms with Crippen molar-refractivity contribution in [2.75, 3.05) is 49.1 Å². The molecule has 0 saturated carbocycles. The number of urea groups is 1. The van der Waals surface area contributed by atoms with E-state index in [0.717, 1.165) is 63.2 Å². The SMILES string of the molecule is Cc1nn(C)cc1-c1nc2ncc(Cl)c(Oc3ccc(C4CCN(CC5CCN(c6ccc(N7CCC(=O)NC7=O)cc6F)CC5)CC4(C)C)cc3)c2[nH]1. The number of likely N-dealkylation sites (tertiary alicyclic amines) is 1. The maximum atomic E-state index is 15.3. The molecule has 0 radical (unpaired) electrons. The molecule has 3 fully saturated rings. The normalized spacial score (nSPS) is 19.8. The zero-order valence-electron chi connectivity index (χ0n) is 31.0. The Morgan fingerprint density at radius 3 is 2.50 bits per heavy atom. The van der Waals surface area contributed by atoms with Crippen LogP contribution in [0, 0.1) is 24.1 Å². The third-order valence-corrected chi connectivity index (χ3v) is 11.5. The molecule has 282 valence electrons. The van der Waals surface area contributed by atoms with Crippen molar-refractivity contribution in [1.82, 2.24) is 34.9 Å². The maximum absolute atomic E-state index is 15.3. The van der Waals surface area contributed by atoms with Crippen molar-refractivity contribution in [3.05, 3.63) is 77.0 Å². The van der Waals surface area contributed by atoms with E-state index in [1.54, 1.807) is 23.0 Å². The number of aromatic nitrogens is 5. The van der Waals surface area contributed by atoms with Crippen LogP contribution in [0.4, 0.5) is 20.6 Å². The molecule has 54 heavy (non-hydrogen) atoms. The number of rotatable bonds is 8. The molecule has 2 aromatic carbocycles. The van der Waals surface area contributed by atoms with Crippen LogP contribution in [0.3, 0.4) is 0 Å². The van der Waals surface area contributed by atoms with Gasteiger partial charge in [0.25, 0.3) is 0 Å². The standard InChI is InChI=1S/C40H45ClFN9O3/c1-24-29(22-48(4)47-24)37-45-35-36(31(41)20-43-38(35)46-37)54-28-8-5-26(6-9-28)30-13-15-49(23-40(30,2)3)21-25-11-16-50(17-12-25)33-10-7-27(19-32(33)42)51-18-14-34(52)44-39(51)53/h5-10,19-20,22,25,30H,11-18,21,23H2,1-4H3,(H,43,45,46)(H,44,52,53). The first kappa shape index (κ1) is 36.0. The smallest absolute Gasteiger partial charge is 0.328 e. The molecule has 1 unspecified atom stereocenters. The molecule has 3 aliphatic rings. The van der Waals surface area contributed by atoms with Gasteiger partial charge in [0.05, 0.1) is 23.1 Å². The Morgan fingerprint density at radius 2 is 1.81 bits per heavy atom. The monoisotopic (exact) mass is 753 g/mol. The van der Waals surface area contributed by atoms with Gasteiger partial charge in [0, 0.05) is 58.1 Å². The Kier molecular flexibility index (Phi) is 9.55. The number of carbonyl (C=O) groups is 2. The fraction of sp³-hybridized carbons (Fsp3) is 0.425. The summed E-state index contributed by atoms with van der Waals surface area (Å²) in [6, 6.07) is 12.8. The highest BCUT2D eigenvalue weighted by molar-refractivity contribution is 6.32. The lowest BCUT2D eigenvalue weighted by Gasteiger charge is -2.46. The van der Waals surface area contributed by atoms with Gasteiger partial charge in [0.2, 0.25) is 5.91 Å². The predicted octanol–water partition coefficient (Wildman–Crippen LogP) is 7.43. The third kappa shape index (κ3) is 7.14. The Labute approximate surface area is 318 Å². The van der Waals surface area contributed by atoms with Crippen LogP contribution in [0.1, 0.15) is 56.7 Å². The number of imidazole rings is 1. The molecule has 3 aliphatic heterocycles. The lowest BCUT2D eigenvalue weighted by atomic mass is 9.70. The number of benzene rings is 2. The van der Waals surface area contributed by atoms with Gasteiger partial charge in [0.15, 0.2) is 11.4 Å². The number of fused-ring (bicyclic) bond motifs is 1. The zero-order chi connectivity index (χ0) is 37.7. The lowest BCUT2D eigenvalue weighted by Crippen LogP contribution is -2.49. The number of aryl methyl sites for hydroxylation is 2. The zero-order valence-corrected chi connectivity index (χ0v) is 31.8. The topological polar surface area (TPSA) is 125 Å². The number of carbonyl (C=O) groups excluding carboxylic acids is 2. The number of imide groups is 1. The van der Waals surface area contributed by atoms with Gasteiger partial charge in [-0.3, -0.25) is 19.7 Å². The number of nitrogens with zero attached hydrogens (tertiary/aromatic N) is 7. The highest BCUT2D eigenvalue weighted by Gasteiger charge is 2.38. The number of hydrogen-bond acceptors (Lipinski definition) is 8. The van der Waals surface area contributed by atoms with Crippen molar-refractivity contribution in [3.8, 4) is 22.9 Å². The molecule has 3 amide bonds. The molecular weight excluding hydrogens is 709 g/mol. The molecule has 6 heterocycles. The van der Waals surface area contributed by atoms with Crippen LogP contribution in [0.15, 0.2) is 54.9 Å². The summed E-state index contributed by atoms with van der Waals surface area (Å²) >= 11 is 6.60. The van der Waals surface area contributed by atoms with Crippen LogP contribution in [0.5, 0.6) is 11.5 Å². The minimum atomic E-state index is -0.509. The first-order valence-electron chi connectivity index (χ1n) is 18.6. The molecule has 1 atom stereocenters. The second-order valence-corrected chi connectivity index (χ2v) is 16.0. The second kappa shape index (κ2) is 14.3. The van der Waals surface area contributed by atoms with E-state index in [1.165, 1.54) is 16.5 Å². The summed E-state index contributed by atoms with van der Waals surface area (Å²) in [5.74, 6) is 2.13. The van der Waals surface area contributed by atoms with E-state index in [4.69, 9.17) is 16.3 Å². The van der Waals surface area contributed by atoms with Crippen LogP contribution in [-0.2, 0) is 11.8 Å². The fourth-order valence-corrected chi connectivity index (χ4v) is 8.73. The number of amides is 3. The average molecular weight is 754 g/mol. The number of pyridine rings is 1. The first-order chi connectivity index (χ1) is 25.9. The lowest BCUT2D eigenvalue weighted by molar-refractivity contribution is -0.120. The Hall–Kier alpha value is -5.01. The molecule has 0 aliphatic carbocycles. The van der Waals surface area contributed by atoms with E-state index in [1.807, 2.05) is 32.3 Å². The van der Waals surface area contributed by atoms with Gasteiger partial charge in [-0.25, -0.2) is 19.2 Å².